The number of para-hydroxylation sites is 1. The number of carbonyl (C=O) groups excluding carboxylic acids is 2. The van der Waals surface area contributed by atoms with Crippen LogP contribution in [-0.2, 0) is 20.9 Å². The monoisotopic (exact) mass is 405 g/mol. The SMILES string of the molecule is CCNC(=O)[C@H](C)Sc1nc2ccccc2c(=O)n1CCCCCC(=O)OC. The number of benzene rings is 1. The number of amides is 1. The molecule has 0 spiro atoms. The van der Waals surface area contributed by atoms with Gasteiger partial charge in [-0.25, -0.2) is 4.98 Å². The topological polar surface area (TPSA) is 90.3 Å². The number of hydrogen-bond acceptors (Lipinski definition) is 6. The van der Waals surface area contributed by atoms with E-state index in [-0.39, 0.29) is 22.7 Å². The van der Waals surface area contributed by atoms with Gasteiger partial charge in [-0.1, -0.05) is 30.3 Å². The van der Waals surface area contributed by atoms with Gasteiger partial charge in [-0.2, -0.15) is 0 Å². The van der Waals surface area contributed by atoms with Crippen molar-refractivity contribution >= 4 is 34.5 Å². The van der Waals surface area contributed by atoms with Crippen molar-refractivity contribution in [3.8, 4) is 0 Å². The van der Waals surface area contributed by atoms with Gasteiger partial charge in [0.05, 0.1) is 23.3 Å². The molecule has 0 aliphatic rings. The van der Waals surface area contributed by atoms with Crippen molar-refractivity contribution in [1.82, 2.24) is 14.9 Å². The molecule has 0 saturated carbocycles. The van der Waals surface area contributed by atoms with Crippen molar-refractivity contribution in [2.45, 2.75) is 56.5 Å². The predicted molar refractivity (Wildman–Crippen MR) is 110 cm³/mol. The minimum atomic E-state index is -0.362. The van der Waals surface area contributed by atoms with E-state index < -0.39 is 0 Å². The van der Waals surface area contributed by atoms with Gasteiger partial charge in [-0.15, -0.1) is 0 Å². The van der Waals surface area contributed by atoms with Gasteiger partial charge in [0.2, 0.25) is 5.91 Å². The van der Waals surface area contributed by atoms with Gasteiger partial charge in [0.25, 0.3) is 5.56 Å². The van der Waals surface area contributed by atoms with Gasteiger partial charge in [-0.3, -0.25) is 19.0 Å². The van der Waals surface area contributed by atoms with Crippen molar-refractivity contribution in [3.63, 3.8) is 0 Å². The summed E-state index contributed by atoms with van der Waals surface area (Å²) < 4.78 is 6.28. The number of nitrogens with zero attached hydrogens (tertiary/aromatic N) is 2. The number of thioether (sulfide) groups is 1. The third-order valence-corrected chi connectivity index (χ3v) is 5.41. The van der Waals surface area contributed by atoms with E-state index in [1.165, 1.54) is 18.9 Å². The van der Waals surface area contributed by atoms with Crippen LogP contribution in [0.3, 0.4) is 0 Å². The first kappa shape index (κ1) is 21.9. The molecule has 28 heavy (non-hydrogen) atoms. The second-order valence-electron chi connectivity index (χ2n) is 6.41. The molecule has 1 atom stereocenters. The fourth-order valence-corrected chi connectivity index (χ4v) is 3.74. The van der Waals surface area contributed by atoms with Crippen molar-refractivity contribution in [3.05, 3.63) is 34.6 Å². The molecular weight excluding hydrogens is 378 g/mol. The van der Waals surface area contributed by atoms with E-state index in [0.717, 1.165) is 12.8 Å². The molecule has 1 aromatic carbocycles. The van der Waals surface area contributed by atoms with Crippen LogP contribution in [-0.4, -0.2) is 40.3 Å². The molecular formula is C20H27N3O4S. The molecule has 1 N–H and O–H groups in total. The lowest BCUT2D eigenvalue weighted by molar-refractivity contribution is -0.140. The molecule has 0 bridgehead atoms. The zero-order valence-corrected chi connectivity index (χ0v) is 17.4. The quantitative estimate of drug-likeness (QED) is 0.283. The van der Waals surface area contributed by atoms with E-state index in [4.69, 9.17) is 0 Å². The summed E-state index contributed by atoms with van der Waals surface area (Å²) in [7, 11) is 1.38. The highest BCUT2D eigenvalue weighted by atomic mass is 32.2. The number of fused-ring (bicyclic) bond motifs is 1. The molecule has 0 fully saturated rings. The third kappa shape index (κ3) is 5.82. The molecule has 2 aromatic rings. The minimum Gasteiger partial charge on any atom is -0.469 e. The Morgan fingerprint density at radius 2 is 2.00 bits per heavy atom. The van der Waals surface area contributed by atoms with Crippen LogP contribution in [0.1, 0.15) is 39.5 Å². The van der Waals surface area contributed by atoms with Gasteiger partial charge in [0.15, 0.2) is 5.16 Å². The normalized spacial score (nSPS) is 12.0. The van der Waals surface area contributed by atoms with E-state index in [9.17, 15) is 14.4 Å². The minimum absolute atomic E-state index is 0.0838. The van der Waals surface area contributed by atoms with Gasteiger partial charge >= 0.3 is 5.97 Å². The first-order valence-electron chi connectivity index (χ1n) is 9.48. The maximum atomic E-state index is 13.0. The molecule has 7 nitrogen and oxygen atoms in total. The zero-order valence-electron chi connectivity index (χ0n) is 16.6. The zero-order chi connectivity index (χ0) is 20.5. The van der Waals surface area contributed by atoms with Gasteiger partial charge < -0.3 is 10.1 Å². The van der Waals surface area contributed by atoms with E-state index >= 15 is 0 Å². The molecule has 0 aliphatic carbocycles. The van der Waals surface area contributed by atoms with Crippen molar-refractivity contribution < 1.29 is 14.3 Å². The van der Waals surface area contributed by atoms with E-state index in [0.29, 0.717) is 42.0 Å². The highest BCUT2D eigenvalue weighted by Crippen LogP contribution is 2.23. The average molecular weight is 406 g/mol. The summed E-state index contributed by atoms with van der Waals surface area (Å²) in [4.78, 5) is 40.9. The average Bonchev–Trinajstić information content (AvgIpc) is 2.69. The number of unbranched alkanes of at least 4 members (excludes halogenated alkanes) is 2. The van der Waals surface area contributed by atoms with Crippen LogP contribution < -0.4 is 10.9 Å². The summed E-state index contributed by atoms with van der Waals surface area (Å²) in [5.41, 5.74) is 0.518. The number of rotatable bonds is 10. The standard InChI is InChI=1S/C20H27N3O4S/c1-4-21-18(25)14(2)28-20-22-16-11-8-7-10-15(16)19(26)23(20)13-9-5-6-12-17(24)27-3/h7-8,10-11,14H,4-6,9,12-13H2,1-3H3,(H,21,25)/t14-/m0/s1. The fourth-order valence-electron chi connectivity index (χ4n) is 2.78. The van der Waals surface area contributed by atoms with E-state index in [1.54, 1.807) is 23.6 Å². The Morgan fingerprint density at radius 1 is 1.25 bits per heavy atom. The number of ether oxygens (including phenoxy) is 1. The summed E-state index contributed by atoms with van der Waals surface area (Å²) in [5.74, 6) is -0.309. The number of hydrogen-bond donors (Lipinski definition) is 1. The van der Waals surface area contributed by atoms with Gasteiger partial charge in [-0.05, 0) is 38.8 Å². The van der Waals surface area contributed by atoms with Crippen LogP contribution in [0.4, 0.5) is 0 Å². The van der Waals surface area contributed by atoms with Crippen molar-refractivity contribution in [1.29, 1.82) is 0 Å². The molecule has 0 radical (unpaired) electrons. The highest BCUT2D eigenvalue weighted by molar-refractivity contribution is 8.00. The summed E-state index contributed by atoms with van der Waals surface area (Å²) in [6, 6.07) is 7.22. The molecule has 1 heterocycles. The van der Waals surface area contributed by atoms with Crippen LogP contribution >= 0.6 is 11.8 Å². The molecule has 8 heteroatoms. The van der Waals surface area contributed by atoms with E-state index in [2.05, 4.69) is 15.0 Å². The molecule has 0 aliphatic heterocycles. The molecule has 1 aromatic heterocycles. The van der Waals surface area contributed by atoms with Crippen LogP contribution in [0.25, 0.3) is 10.9 Å². The van der Waals surface area contributed by atoms with Crippen molar-refractivity contribution in [2.75, 3.05) is 13.7 Å². The number of methoxy groups -OCH3 is 1. The van der Waals surface area contributed by atoms with Crippen LogP contribution in [0.15, 0.2) is 34.2 Å². The maximum absolute atomic E-state index is 13.0. The fraction of sp³-hybridized carbons (Fsp3) is 0.500. The number of carbonyl (C=O) groups is 2. The number of aromatic nitrogens is 2. The lowest BCUT2D eigenvalue weighted by Gasteiger charge is -2.16. The molecule has 0 unspecified atom stereocenters. The first-order chi connectivity index (χ1) is 13.5. The largest absolute Gasteiger partial charge is 0.469 e. The Morgan fingerprint density at radius 3 is 2.71 bits per heavy atom. The first-order valence-corrected chi connectivity index (χ1v) is 10.4. The van der Waals surface area contributed by atoms with Crippen LogP contribution in [0.2, 0.25) is 0 Å². The molecule has 0 saturated heterocycles. The van der Waals surface area contributed by atoms with E-state index in [1.807, 2.05) is 19.1 Å². The lowest BCUT2D eigenvalue weighted by atomic mass is 10.2. The Labute approximate surface area is 168 Å². The Balaban J connectivity index is 2.20. The Kier molecular flexibility index (Phi) is 8.50. The molecule has 2 rings (SSSR count). The summed E-state index contributed by atoms with van der Waals surface area (Å²) >= 11 is 1.29. The third-order valence-electron chi connectivity index (χ3n) is 4.32. The van der Waals surface area contributed by atoms with Crippen LogP contribution in [0.5, 0.6) is 0 Å². The second kappa shape index (κ2) is 10.8. The van der Waals surface area contributed by atoms with Crippen LogP contribution in [0, 0.1) is 0 Å². The summed E-state index contributed by atoms with van der Waals surface area (Å²) in [5, 5.41) is 3.53. The predicted octanol–water partition coefficient (Wildman–Crippen LogP) is 2.75. The number of nitrogens with one attached hydrogen (secondary N) is 1. The van der Waals surface area contributed by atoms with Gasteiger partial charge in [0.1, 0.15) is 0 Å². The Bertz CT molecular complexity index is 881. The maximum Gasteiger partial charge on any atom is 0.305 e. The lowest BCUT2D eigenvalue weighted by Crippen LogP contribution is -2.31. The second-order valence-corrected chi connectivity index (χ2v) is 7.72. The Hall–Kier alpha value is -2.35. The summed E-state index contributed by atoms with van der Waals surface area (Å²) in [6.45, 7) is 4.72. The smallest absolute Gasteiger partial charge is 0.305 e. The summed E-state index contributed by atoms with van der Waals surface area (Å²) in [6.07, 6.45) is 2.61. The van der Waals surface area contributed by atoms with Gasteiger partial charge in [0, 0.05) is 19.5 Å². The highest BCUT2D eigenvalue weighted by Gasteiger charge is 2.18. The molecule has 1 amide bonds. The van der Waals surface area contributed by atoms with Crippen molar-refractivity contribution in [2.24, 2.45) is 0 Å². The molecule has 152 valence electrons. The number of esters is 1.